The number of para-hydroxylation sites is 1. The molecule has 3 aliphatic heterocycles. The van der Waals surface area contributed by atoms with Gasteiger partial charge < -0.3 is 34.2 Å². The molecule has 0 amide bonds. The molecule has 11 nitrogen and oxygen atoms in total. The number of aliphatic hydroxyl groups is 2. The number of carbonyl (C=O) groups is 1. The number of anilines is 2. The molecule has 2 fully saturated rings. The maximum Gasteiger partial charge on any atom is 0.377 e. The van der Waals surface area contributed by atoms with Crippen molar-refractivity contribution in [3.63, 3.8) is 0 Å². The standard InChI is InChI=1S/C23H23N3O8/c27-19-20(28)22(29)34-21(19)18-13-32-23(33-18)14-6-7-16(17(12-14)26(30)31)25-10-8-24(9-11-25)15-4-2-1-3-5-15/h1-7,12,18,21,23,27-28H,8-11,13H2/t18-,21+,23-/m0/s1. The lowest BCUT2D eigenvalue weighted by atomic mass is 10.1. The Labute approximate surface area is 194 Å². The van der Waals surface area contributed by atoms with E-state index in [1.807, 2.05) is 35.2 Å². The number of ether oxygens (including phenoxy) is 3. The number of aliphatic hydroxyl groups excluding tert-OH is 2. The molecule has 0 bridgehead atoms. The number of benzene rings is 2. The zero-order chi connectivity index (χ0) is 23.8. The van der Waals surface area contributed by atoms with Crippen LogP contribution in [-0.2, 0) is 19.0 Å². The minimum atomic E-state index is -1.19. The van der Waals surface area contributed by atoms with Crippen LogP contribution in [0.5, 0.6) is 0 Å². The lowest BCUT2D eigenvalue weighted by Gasteiger charge is -2.37. The van der Waals surface area contributed by atoms with Crippen LogP contribution in [0, 0.1) is 10.1 Å². The van der Waals surface area contributed by atoms with Crippen LogP contribution in [0.2, 0.25) is 0 Å². The van der Waals surface area contributed by atoms with Crippen LogP contribution in [0.15, 0.2) is 60.0 Å². The molecule has 0 aliphatic carbocycles. The Kier molecular flexibility index (Phi) is 5.72. The molecule has 0 spiro atoms. The van der Waals surface area contributed by atoms with Gasteiger partial charge in [-0.05, 0) is 18.2 Å². The predicted octanol–water partition coefficient (Wildman–Crippen LogP) is 2.59. The summed E-state index contributed by atoms with van der Waals surface area (Å²) in [5.41, 5.74) is 2.01. The van der Waals surface area contributed by atoms with Gasteiger partial charge in [0.25, 0.3) is 5.69 Å². The predicted molar refractivity (Wildman–Crippen MR) is 120 cm³/mol. The lowest BCUT2D eigenvalue weighted by Crippen LogP contribution is -2.46. The van der Waals surface area contributed by atoms with Crippen molar-refractivity contribution in [2.24, 2.45) is 0 Å². The van der Waals surface area contributed by atoms with E-state index in [0.717, 1.165) is 18.8 Å². The number of rotatable bonds is 5. The Balaban J connectivity index is 1.29. The van der Waals surface area contributed by atoms with Gasteiger partial charge in [0.15, 0.2) is 18.2 Å². The number of nitro groups is 1. The van der Waals surface area contributed by atoms with Crippen LogP contribution in [-0.4, -0.2) is 66.1 Å². The van der Waals surface area contributed by atoms with E-state index in [9.17, 15) is 25.1 Å². The molecular weight excluding hydrogens is 446 g/mol. The SMILES string of the molecule is O=C1O[C@H]([C@@H]2CO[C@H](c3ccc(N4CCN(c5ccccc5)CC4)c([N+](=O)[O-])c3)O2)C(O)=C1O. The first kappa shape index (κ1) is 22.0. The molecule has 0 radical (unpaired) electrons. The van der Waals surface area contributed by atoms with Gasteiger partial charge in [0.1, 0.15) is 11.8 Å². The summed E-state index contributed by atoms with van der Waals surface area (Å²) < 4.78 is 16.2. The van der Waals surface area contributed by atoms with Gasteiger partial charge in [0, 0.05) is 43.5 Å². The number of cyclic esters (lactones) is 1. The molecule has 2 N–H and O–H groups in total. The molecular formula is C23H23N3O8. The summed E-state index contributed by atoms with van der Waals surface area (Å²) >= 11 is 0. The van der Waals surface area contributed by atoms with E-state index in [1.165, 1.54) is 6.07 Å². The second-order valence-electron chi connectivity index (χ2n) is 8.21. The van der Waals surface area contributed by atoms with Gasteiger partial charge in [0.2, 0.25) is 5.76 Å². The molecule has 0 saturated carbocycles. The largest absolute Gasteiger partial charge is 0.505 e. The first-order valence-electron chi connectivity index (χ1n) is 10.9. The van der Waals surface area contributed by atoms with Crippen LogP contribution >= 0.6 is 0 Å². The Hall–Kier alpha value is -3.83. The van der Waals surface area contributed by atoms with Gasteiger partial charge in [-0.15, -0.1) is 0 Å². The molecule has 2 aromatic rings. The minimum Gasteiger partial charge on any atom is -0.505 e. The smallest absolute Gasteiger partial charge is 0.377 e. The first-order chi connectivity index (χ1) is 16.4. The summed E-state index contributed by atoms with van der Waals surface area (Å²) in [7, 11) is 0. The van der Waals surface area contributed by atoms with Crippen molar-refractivity contribution in [2.75, 3.05) is 42.6 Å². The van der Waals surface area contributed by atoms with Crippen LogP contribution in [0.3, 0.4) is 0 Å². The van der Waals surface area contributed by atoms with Gasteiger partial charge in [-0.1, -0.05) is 24.3 Å². The molecule has 11 heteroatoms. The molecule has 2 aromatic carbocycles. The molecule has 3 atom stereocenters. The molecule has 34 heavy (non-hydrogen) atoms. The molecule has 178 valence electrons. The van der Waals surface area contributed by atoms with Crippen LogP contribution in [0.4, 0.5) is 17.1 Å². The average Bonchev–Trinajstić information content (AvgIpc) is 3.45. The number of esters is 1. The summed E-state index contributed by atoms with van der Waals surface area (Å²) in [6.45, 7) is 2.72. The normalized spacial score (nSPS) is 25.1. The van der Waals surface area contributed by atoms with E-state index >= 15 is 0 Å². The highest BCUT2D eigenvalue weighted by atomic mass is 16.7. The van der Waals surface area contributed by atoms with Crippen LogP contribution in [0.1, 0.15) is 11.9 Å². The summed E-state index contributed by atoms with van der Waals surface area (Å²) in [6, 6.07) is 14.8. The number of hydrogen-bond acceptors (Lipinski definition) is 10. The highest BCUT2D eigenvalue weighted by Crippen LogP contribution is 2.37. The van der Waals surface area contributed by atoms with Crippen molar-refractivity contribution in [1.29, 1.82) is 0 Å². The number of piperazine rings is 1. The zero-order valence-electron chi connectivity index (χ0n) is 18.1. The molecule has 5 rings (SSSR count). The van der Waals surface area contributed by atoms with Crippen molar-refractivity contribution in [2.45, 2.75) is 18.5 Å². The second kappa shape index (κ2) is 8.84. The third kappa shape index (κ3) is 3.99. The molecule has 0 unspecified atom stereocenters. The summed E-state index contributed by atoms with van der Waals surface area (Å²) in [5, 5.41) is 31.2. The Morgan fingerprint density at radius 3 is 2.35 bits per heavy atom. The quantitative estimate of drug-likeness (QED) is 0.382. The zero-order valence-corrected chi connectivity index (χ0v) is 18.1. The topological polar surface area (TPSA) is 135 Å². The summed E-state index contributed by atoms with van der Waals surface area (Å²) in [4.78, 5) is 27.1. The van der Waals surface area contributed by atoms with Crippen molar-refractivity contribution in [3.05, 3.63) is 75.7 Å². The number of nitrogens with zero attached hydrogens (tertiary/aromatic N) is 3. The Bertz CT molecular complexity index is 1130. The first-order valence-corrected chi connectivity index (χ1v) is 10.9. The Morgan fingerprint density at radius 1 is 1.00 bits per heavy atom. The van der Waals surface area contributed by atoms with Crippen molar-refractivity contribution in [1.82, 2.24) is 0 Å². The van der Waals surface area contributed by atoms with E-state index in [2.05, 4.69) is 4.90 Å². The van der Waals surface area contributed by atoms with Crippen molar-refractivity contribution >= 4 is 23.0 Å². The minimum absolute atomic E-state index is 0.0308. The van der Waals surface area contributed by atoms with Crippen molar-refractivity contribution < 1.29 is 34.1 Å². The number of hydrogen-bond donors (Lipinski definition) is 2. The van der Waals surface area contributed by atoms with E-state index in [4.69, 9.17) is 14.2 Å². The van der Waals surface area contributed by atoms with Gasteiger partial charge >= 0.3 is 5.97 Å². The van der Waals surface area contributed by atoms with Gasteiger partial charge in [-0.25, -0.2) is 4.79 Å². The molecule has 3 aliphatic rings. The maximum atomic E-state index is 11.9. The fourth-order valence-corrected chi connectivity index (χ4v) is 4.42. The van der Waals surface area contributed by atoms with Gasteiger partial charge in [0.05, 0.1) is 11.5 Å². The third-order valence-corrected chi connectivity index (χ3v) is 6.20. The van der Waals surface area contributed by atoms with Crippen LogP contribution < -0.4 is 9.80 Å². The highest BCUT2D eigenvalue weighted by molar-refractivity contribution is 5.89. The monoisotopic (exact) mass is 469 g/mol. The summed E-state index contributed by atoms with van der Waals surface area (Å²) in [5.74, 6) is -2.51. The van der Waals surface area contributed by atoms with E-state index in [-0.39, 0.29) is 12.3 Å². The third-order valence-electron chi connectivity index (χ3n) is 6.20. The molecule has 2 saturated heterocycles. The fourth-order valence-electron chi connectivity index (χ4n) is 4.42. The number of carbonyl (C=O) groups excluding carboxylic acids is 1. The van der Waals surface area contributed by atoms with Gasteiger partial charge in [-0.2, -0.15) is 0 Å². The number of nitro benzene ring substituents is 1. The van der Waals surface area contributed by atoms with E-state index < -0.39 is 40.9 Å². The summed E-state index contributed by atoms with van der Waals surface area (Å²) in [6.07, 6.45) is -2.99. The lowest BCUT2D eigenvalue weighted by molar-refractivity contribution is -0.384. The van der Waals surface area contributed by atoms with Crippen molar-refractivity contribution in [3.8, 4) is 0 Å². The van der Waals surface area contributed by atoms with E-state index in [1.54, 1.807) is 12.1 Å². The van der Waals surface area contributed by atoms with E-state index in [0.29, 0.717) is 24.3 Å². The van der Waals surface area contributed by atoms with Crippen LogP contribution in [0.25, 0.3) is 0 Å². The fraction of sp³-hybridized carbons (Fsp3) is 0.348. The molecule has 0 aromatic heterocycles. The maximum absolute atomic E-state index is 11.9. The Morgan fingerprint density at radius 2 is 1.71 bits per heavy atom. The average molecular weight is 469 g/mol. The highest BCUT2D eigenvalue weighted by Gasteiger charge is 2.45. The molecule has 3 heterocycles. The van der Waals surface area contributed by atoms with Gasteiger partial charge in [-0.3, -0.25) is 10.1 Å². The second-order valence-corrected chi connectivity index (χ2v) is 8.21.